The first-order valence-electron chi connectivity index (χ1n) is 8.90. The van der Waals surface area contributed by atoms with Gasteiger partial charge in [0.15, 0.2) is 5.76 Å². The minimum Gasteiger partial charge on any atom is -0.497 e. The van der Waals surface area contributed by atoms with Gasteiger partial charge in [0.2, 0.25) is 5.89 Å². The zero-order valence-corrected chi connectivity index (χ0v) is 15.6. The number of hydrogen-bond donors (Lipinski definition) is 1. The van der Waals surface area contributed by atoms with Gasteiger partial charge in [-0.15, -0.1) is 0 Å². The minimum atomic E-state index is -0.325. The monoisotopic (exact) mass is 388 g/mol. The number of carbonyl (C=O) groups is 1. The van der Waals surface area contributed by atoms with Crippen LogP contribution in [0.25, 0.3) is 22.8 Å². The highest BCUT2D eigenvalue weighted by atomic mass is 19.1. The summed E-state index contributed by atoms with van der Waals surface area (Å²) in [6.45, 7) is 0. The number of aromatic nitrogens is 1. The average molecular weight is 388 g/mol. The molecule has 6 heteroatoms. The Kier molecular flexibility index (Phi) is 5.07. The second-order valence-electron chi connectivity index (χ2n) is 6.26. The van der Waals surface area contributed by atoms with Crippen LogP contribution in [0.3, 0.4) is 0 Å². The van der Waals surface area contributed by atoms with Crippen molar-refractivity contribution in [2.75, 3.05) is 12.4 Å². The van der Waals surface area contributed by atoms with Gasteiger partial charge in [0.25, 0.3) is 5.91 Å². The van der Waals surface area contributed by atoms with Crippen LogP contribution < -0.4 is 10.1 Å². The highest BCUT2D eigenvalue weighted by Gasteiger charge is 2.17. The van der Waals surface area contributed by atoms with E-state index >= 15 is 0 Å². The molecule has 5 nitrogen and oxygen atoms in total. The maximum atomic E-state index is 13.1. The van der Waals surface area contributed by atoms with Crippen LogP contribution in [0.15, 0.2) is 83.4 Å². The van der Waals surface area contributed by atoms with Gasteiger partial charge in [-0.05, 0) is 60.7 Å². The summed E-state index contributed by atoms with van der Waals surface area (Å²) < 4.78 is 24.1. The molecule has 4 aromatic rings. The Labute approximate surface area is 166 Å². The Morgan fingerprint density at radius 3 is 2.45 bits per heavy atom. The minimum absolute atomic E-state index is 0.285. The summed E-state index contributed by atoms with van der Waals surface area (Å²) in [5, 5.41) is 2.86. The van der Waals surface area contributed by atoms with E-state index in [0.717, 1.165) is 0 Å². The average Bonchev–Trinajstić information content (AvgIpc) is 3.25. The Hall–Kier alpha value is -3.93. The van der Waals surface area contributed by atoms with Gasteiger partial charge in [-0.3, -0.25) is 4.79 Å². The van der Waals surface area contributed by atoms with Crippen molar-refractivity contribution < 1.29 is 18.3 Å². The highest BCUT2D eigenvalue weighted by Crippen LogP contribution is 2.29. The number of oxazole rings is 1. The number of halogens is 1. The van der Waals surface area contributed by atoms with Crippen LogP contribution in [-0.4, -0.2) is 18.0 Å². The zero-order chi connectivity index (χ0) is 20.2. The molecule has 0 unspecified atom stereocenters. The normalized spacial score (nSPS) is 10.6. The molecule has 0 aliphatic heterocycles. The van der Waals surface area contributed by atoms with Crippen molar-refractivity contribution >= 4 is 11.6 Å². The molecule has 0 bridgehead atoms. The first kappa shape index (κ1) is 18.4. The Morgan fingerprint density at radius 1 is 1.00 bits per heavy atom. The summed E-state index contributed by atoms with van der Waals surface area (Å²) in [7, 11) is 1.58. The molecule has 0 saturated carbocycles. The van der Waals surface area contributed by atoms with Gasteiger partial charge in [-0.25, -0.2) is 9.37 Å². The molecular weight excluding hydrogens is 371 g/mol. The lowest BCUT2D eigenvalue weighted by Crippen LogP contribution is -2.13. The molecule has 0 spiro atoms. The molecule has 0 aliphatic carbocycles. The number of anilines is 1. The summed E-state index contributed by atoms with van der Waals surface area (Å²) in [4.78, 5) is 17.1. The van der Waals surface area contributed by atoms with E-state index in [9.17, 15) is 9.18 Å². The molecule has 1 amide bonds. The van der Waals surface area contributed by atoms with Crippen molar-refractivity contribution in [2.24, 2.45) is 0 Å². The second kappa shape index (κ2) is 7.98. The van der Waals surface area contributed by atoms with E-state index in [0.29, 0.717) is 39.8 Å². The van der Waals surface area contributed by atoms with Crippen molar-refractivity contribution in [3.63, 3.8) is 0 Å². The van der Waals surface area contributed by atoms with Crippen LogP contribution in [0.5, 0.6) is 5.75 Å². The number of benzene rings is 3. The molecule has 0 fully saturated rings. The van der Waals surface area contributed by atoms with Gasteiger partial charge in [-0.2, -0.15) is 0 Å². The number of ether oxygens (including phenoxy) is 1. The molecule has 4 rings (SSSR count). The zero-order valence-electron chi connectivity index (χ0n) is 15.6. The first-order valence-corrected chi connectivity index (χ1v) is 8.90. The summed E-state index contributed by atoms with van der Waals surface area (Å²) in [5.74, 6) is 0.896. The van der Waals surface area contributed by atoms with E-state index in [4.69, 9.17) is 9.15 Å². The molecule has 0 atom stereocenters. The van der Waals surface area contributed by atoms with Crippen molar-refractivity contribution in [3.8, 4) is 28.5 Å². The molecular formula is C23H17FN2O3. The highest BCUT2D eigenvalue weighted by molar-refractivity contribution is 6.08. The summed E-state index contributed by atoms with van der Waals surface area (Å²) in [5.41, 5.74) is 2.33. The Morgan fingerprint density at radius 2 is 1.72 bits per heavy atom. The van der Waals surface area contributed by atoms with E-state index in [-0.39, 0.29) is 11.7 Å². The topological polar surface area (TPSA) is 64.4 Å². The SMILES string of the molecule is COc1ccc(NC(=O)c2ccccc2-c2ncc(-c3ccc(F)cc3)o2)cc1. The Balaban J connectivity index is 1.61. The van der Waals surface area contributed by atoms with Gasteiger partial charge in [0.1, 0.15) is 11.6 Å². The van der Waals surface area contributed by atoms with E-state index in [1.165, 1.54) is 12.1 Å². The molecule has 0 saturated heterocycles. The quantitative estimate of drug-likeness (QED) is 0.497. The standard InChI is InChI=1S/C23H17FN2O3/c1-28-18-12-10-17(11-13-18)26-22(27)19-4-2-3-5-20(19)23-25-14-21(29-23)15-6-8-16(24)9-7-15/h2-14H,1H3,(H,26,27). The lowest BCUT2D eigenvalue weighted by atomic mass is 10.1. The number of carbonyl (C=O) groups excluding carboxylic acids is 1. The van der Waals surface area contributed by atoms with Gasteiger partial charge in [0.05, 0.1) is 18.9 Å². The molecule has 29 heavy (non-hydrogen) atoms. The van der Waals surface area contributed by atoms with Crippen molar-refractivity contribution in [1.29, 1.82) is 0 Å². The first-order chi connectivity index (χ1) is 14.1. The fourth-order valence-corrected chi connectivity index (χ4v) is 2.89. The van der Waals surface area contributed by atoms with E-state index in [1.54, 1.807) is 74.0 Å². The van der Waals surface area contributed by atoms with E-state index in [2.05, 4.69) is 10.3 Å². The predicted molar refractivity (Wildman–Crippen MR) is 108 cm³/mol. The fourth-order valence-electron chi connectivity index (χ4n) is 2.89. The summed E-state index contributed by atoms with van der Waals surface area (Å²) in [6.07, 6.45) is 1.56. The third kappa shape index (κ3) is 4.01. The molecule has 1 aromatic heterocycles. The third-order valence-electron chi connectivity index (χ3n) is 4.38. The van der Waals surface area contributed by atoms with Crippen molar-refractivity contribution in [2.45, 2.75) is 0 Å². The van der Waals surface area contributed by atoms with Crippen molar-refractivity contribution in [1.82, 2.24) is 4.98 Å². The van der Waals surface area contributed by atoms with Crippen LogP contribution in [0.4, 0.5) is 10.1 Å². The van der Waals surface area contributed by atoms with Gasteiger partial charge in [-0.1, -0.05) is 12.1 Å². The molecule has 0 radical (unpaired) electrons. The lowest BCUT2D eigenvalue weighted by molar-refractivity contribution is 0.102. The predicted octanol–water partition coefficient (Wildman–Crippen LogP) is 5.41. The molecule has 3 aromatic carbocycles. The molecule has 1 N–H and O–H groups in total. The fraction of sp³-hybridized carbons (Fsp3) is 0.0435. The van der Waals surface area contributed by atoms with Gasteiger partial charge >= 0.3 is 0 Å². The molecule has 0 aliphatic rings. The number of rotatable bonds is 5. The smallest absolute Gasteiger partial charge is 0.256 e. The van der Waals surface area contributed by atoms with Crippen LogP contribution in [0.1, 0.15) is 10.4 Å². The van der Waals surface area contributed by atoms with Crippen molar-refractivity contribution in [3.05, 3.63) is 90.4 Å². The lowest BCUT2D eigenvalue weighted by Gasteiger charge is -2.09. The summed E-state index contributed by atoms with van der Waals surface area (Å²) >= 11 is 0. The van der Waals surface area contributed by atoms with E-state index in [1.807, 2.05) is 0 Å². The van der Waals surface area contributed by atoms with Gasteiger partial charge < -0.3 is 14.5 Å². The van der Waals surface area contributed by atoms with Crippen LogP contribution in [-0.2, 0) is 0 Å². The largest absolute Gasteiger partial charge is 0.497 e. The van der Waals surface area contributed by atoms with Crippen LogP contribution in [0.2, 0.25) is 0 Å². The van der Waals surface area contributed by atoms with Crippen LogP contribution >= 0.6 is 0 Å². The Bertz CT molecular complexity index is 1140. The maximum absolute atomic E-state index is 13.1. The number of nitrogens with zero attached hydrogens (tertiary/aromatic N) is 1. The number of amides is 1. The van der Waals surface area contributed by atoms with Gasteiger partial charge in [0, 0.05) is 16.8 Å². The maximum Gasteiger partial charge on any atom is 0.256 e. The molecule has 1 heterocycles. The molecule has 144 valence electrons. The third-order valence-corrected chi connectivity index (χ3v) is 4.38. The summed E-state index contributed by atoms with van der Waals surface area (Å²) in [6, 6.07) is 20.0. The second-order valence-corrected chi connectivity index (χ2v) is 6.26. The van der Waals surface area contributed by atoms with Crippen LogP contribution in [0, 0.1) is 5.82 Å². The number of nitrogens with one attached hydrogen (secondary N) is 1. The number of methoxy groups -OCH3 is 1. The number of hydrogen-bond acceptors (Lipinski definition) is 4. The van der Waals surface area contributed by atoms with E-state index < -0.39 is 0 Å².